The van der Waals surface area contributed by atoms with Crippen molar-refractivity contribution in [1.29, 1.82) is 0 Å². The first-order valence-electron chi connectivity index (χ1n) is 10.5. The van der Waals surface area contributed by atoms with Crippen LogP contribution < -0.4 is 4.74 Å². The number of hydrogen-bond donors (Lipinski definition) is 0. The molecule has 1 aromatic heterocycles. The van der Waals surface area contributed by atoms with Gasteiger partial charge in [-0.3, -0.25) is 4.79 Å². The van der Waals surface area contributed by atoms with Crippen LogP contribution in [0.2, 0.25) is 0 Å². The van der Waals surface area contributed by atoms with Crippen molar-refractivity contribution in [3.63, 3.8) is 0 Å². The molecule has 2 aromatic carbocycles. The summed E-state index contributed by atoms with van der Waals surface area (Å²) >= 11 is 0. The maximum Gasteiger partial charge on any atom is 0.254 e. The van der Waals surface area contributed by atoms with Gasteiger partial charge in [0.05, 0.1) is 36.7 Å². The molecular weight excluding hydrogens is 430 g/mol. The lowest BCUT2D eigenvalue weighted by Gasteiger charge is -2.38. The first-order valence-corrected chi connectivity index (χ1v) is 11.9. The lowest BCUT2D eigenvalue weighted by atomic mass is 10.1. The van der Waals surface area contributed by atoms with Gasteiger partial charge in [0.15, 0.2) is 0 Å². The van der Waals surface area contributed by atoms with Gasteiger partial charge in [-0.2, -0.15) is 4.31 Å². The third kappa shape index (κ3) is 4.06. The molecule has 2 aliphatic heterocycles. The van der Waals surface area contributed by atoms with Crippen molar-refractivity contribution in [3.05, 3.63) is 66.2 Å². The summed E-state index contributed by atoms with van der Waals surface area (Å²) in [4.78, 5) is 19.1. The van der Waals surface area contributed by atoms with Crippen molar-refractivity contribution in [2.45, 2.75) is 11.0 Å². The van der Waals surface area contributed by atoms with E-state index in [1.807, 2.05) is 36.4 Å². The quantitative estimate of drug-likeness (QED) is 0.588. The topological polar surface area (TPSA) is 89.0 Å². The molecule has 0 saturated carbocycles. The Hall–Kier alpha value is -3.01. The molecule has 0 unspecified atom stereocenters. The van der Waals surface area contributed by atoms with Gasteiger partial charge in [-0.05, 0) is 36.4 Å². The van der Waals surface area contributed by atoms with Crippen LogP contribution in [0.5, 0.6) is 5.88 Å². The second-order valence-corrected chi connectivity index (χ2v) is 9.77. The molecule has 32 heavy (non-hydrogen) atoms. The summed E-state index contributed by atoms with van der Waals surface area (Å²) in [7, 11) is -3.57. The highest BCUT2D eigenvalue weighted by Crippen LogP contribution is 2.23. The Balaban J connectivity index is 1.19. The Morgan fingerprint density at radius 3 is 2.44 bits per heavy atom. The molecule has 9 heteroatoms. The molecular formula is C23H23N3O5S. The molecule has 2 saturated heterocycles. The number of carbonyl (C=O) groups excluding carboxylic acids is 1. The van der Waals surface area contributed by atoms with Gasteiger partial charge in [0.2, 0.25) is 15.9 Å². The molecule has 0 radical (unpaired) electrons. The smallest absolute Gasteiger partial charge is 0.254 e. The number of benzene rings is 2. The van der Waals surface area contributed by atoms with E-state index < -0.39 is 10.0 Å². The average molecular weight is 454 g/mol. The van der Waals surface area contributed by atoms with Crippen LogP contribution in [0.1, 0.15) is 10.4 Å². The summed E-state index contributed by atoms with van der Waals surface area (Å²) in [5.41, 5.74) is 1.32. The lowest BCUT2D eigenvalue weighted by Crippen LogP contribution is -2.56. The molecule has 0 aliphatic carbocycles. The predicted molar refractivity (Wildman–Crippen MR) is 118 cm³/mol. The standard InChI is InChI=1S/C23H23N3O5S/c27-23(18-5-8-20(9-6-18)32(28,29)26-11-13-30-14-12-26)25-15-19(16-25)31-22-10-7-17-3-1-2-4-21(17)24-22/h1-10,19H,11-16H2. The van der Waals surface area contributed by atoms with Gasteiger partial charge in [-0.25, -0.2) is 13.4 Å². The highest BCUT2D eigenvalue weighted by molar-refractivity contribution is 7.89. The van der Waals surface area contributed by atoms with Crippen molar-refractivity contribution in [2.24, 2.45) is 0 Å². The van der Waals surface area contributed by atoms with Gasteiger partial charge in [-0.1, -0.05) is 18.2 Å². The van der Waals surface area contributed by atoms with E-state index in [4.69, 9.17) is 9.47 Å². The maximum atomic E-state index is 12.7. The Morgan fingerprint density at radius 1 is 0.969 bits per heavy atom. The van der Waals surface area contributed by atoms with E-state index in [1.165, 1.54) is 16.4 Å². The number of ether oxygens (including phenoxy) is 2. The van der Waals surface area contributed by atoms with Crippen molar-refractivity contribution in [2.75, 3.05) is 39.4 Å². The van der Waals surface area contributed by atoms with Crippen molar-refractivity contribution < 1.29 is 22.7 Å². The Kier molecular flexibility index (Phi) is 5.54. The number of fused-ring (bicyclic) bond motifs is 1. The average Bonchev–Trinajstić information content (AvgIpc) is 2.81. The normalized spacial score (nSPS) is 17.8. The molecule has 3 aromatic rings. The number of rotatable bonds is 5. The van der Waals surface area contributed by atoms with Gasteiger partial charge in [0.25, 0.3) is 5.91 Å². The number of hydrogen-bond acceptors (Lipinski definition) is 6. The number of aromatic nitrogens is 1. The van der Waals surface area contributed by atoms with E-state index >= 15 is 0 Å². The van der Waals surface area contributed by atoms with Crippen molar-refractivity contribution in [1.82, 2.24) is 14.2 Å². The van der Waals surface area contributed by atoms with Crippen LogP contribution in [0.3, 0.4) is 0 Å². The van der Waals surface area contributed by atoms with E-state index in [-0.39, 0.29) is 16.9 Å². The number of morpholine rings is 1. The zero-order valence-electron chi connectivity index (χ0n) is 17.4. The van der Waals surface area contributed by atoms with Crippen LogP contribution in [0, 0.1) is 0 Å². The summed E-state index contributed by atoms with van der Waals surface area (Å²) in [5, 5.41) is 1.05. The van der Waals surface area contributed by atoms with E-state index in [1.54, 1.807) is 17.0 Å². The fraction of sp³-hybridized carbons (Fsp3) is 0.304. The molecule has 5 rings (SSSR count). The number of para-hydroxylation sites is 1. The van der Waals surface area contributed by atoms with Gasteiger partial charge in [-0.15, -0.1) is 0 Å². The first kappa shape index (κ1) is 20.9. The second kappa shape index (κ2) is 8.50. The lowest BCUT2D eigenvalue weighted by molar-refractivity contribution is 0.0161. The number of likely N-dealkylation sites (tertiary alicyclic amines) is 1. The van der Waals surface area contributed by atoms with Crippen molar-refractivity contribution in [3.8, 4) is 5.88 Å². The number of amides is 1. The van der Waals surface area contributed by atoms with Crippen LogP contribution in [0.15, 0.2) is 65.6 Å². The molecule has 1 amide bonds. The van der Waals surface area contributed by atoms with Crippen LogP contribution >= 0.6 is 0 Å². The summed E-state index contributed by atoms with van der Waals surface area (Å²) in [6, 6.07) is 17.7. The van der Waals surface area contributed by atoms with Crippen LogP contribution in [-0.2, 0) is 14.8 Å². The molecule has 8 nitrogen and oxygen atoms in total. The molecule has 0 N–H and O–H groups in total. The van der Waals surface area contributed by atoms with E-state index in [2.05, 4.69) is 4.98 Å². The van der Waals surface area contributed by atoms with Crippen LogP contribution in [-0.4, -0.2) is 74.0 Å². The molecule has 0 bridgehead atoms. The molecule has 0 atom stereocenters. The maximum absolute atomic E-state index is 12.7. The van der Waals surface area contributed by atoms with E-state index in [0.29, 0.717) is 50.8 Å². The molecule has 2 aliphatic rings. The number of sulfonamides is 1. The Bertz CT molecular complexity index is 1230. The molecule has 166 valence electrons. The third-order valence-electron chi connectivity index (χ3n) is 5.70. The largest absolute Gasteiger partial charge is 0.471 e. The summed E-state index contributed by atoms with van der Waals surface area (Å²) < 4.78 is 38.0. The fourth-order valence-corrected chi connectivity index (χ4v) is 5.26. The summed E-state index contributed by atoms with van der Waals surface area (Å²) in [5.74, 6) is 0.394. The Labute approximate surface area is 186 Å². The van der Waals surface area contributed by atoms with E-state index in [9.17, 15) is 13.2 Å². The number of nitrogens with zero attached hydrogens (tertiary/aromatic N) is 3. The van der Waals surface area contributed by atoms with Crippen LogP contribution in [0.4, 0.5) is 0 Å². The summed E-state index contributed by atoms with van der Waals surface area (Å²) in [6.45, 7) is 2.38. The van der Waals surface area contributed by atoms with Crippen molar-refractivity contribution >= 4 is 26.8 Å². The Morgan fingerprint density at radius 2 is 1.69 bits per heavy atom. The highest BCUT2D eigenvalue weighted by Gasteiger charge is 2.33. The van der Waals surface area contributed by atoms with Gasteiger partial charge in [0, 0.05) is 30.1 Å². The highest BCUT2D eigenvalue weighted by atomic mass is 32.2. The number of carbonyl (C=O) groups is 1. The predicted octanol–water partition coefficient (Wildman–Crippen LogP) is 2.16. The SMILES string of the molecule is O=C(c1ccc(S(=O)(=O)N2CCOCC2)cc1)N1CC(Oc2ccc3ccccc3n2)C1. The number of pyridine rings is 1. The fourth-order valence-electron chi connectivity index (χ4n) is 3.85. The monoisotopic (exact) mass is 453 g/mol. The molecule has 2 fully saturated rings. The minimum Gasteiger partial charge on any atom is -0.471 e. The summed E-state index contributed by atoms with van der Waals surface area (Å²) in [6.07, 6.45) is -0.117. The van der Waals surface area contributed by atoms with E-state index in [0.717, 1.165) is 10.9 Å². The van der Waals surface area contributed by atoms with Gasteiger partial charge in [0.1, 0.15) is 6.10 Å². The molecule has 3 heterocycles. The second-order valence-electron chi connectivity index (χ2n) is 7.83. The third-order valence-corrected chi connectivity index (χ3v) is 7.62. The molecule has 0 spiro atoms. The zero-order valence-corrected chi connectivity index (χ0v) is 18.2. The van der Waals surface area contributed by atoms with Gasteiger partial charge >= 0.3 is 0 Å². The van der Waals surface area contributed by atoms with Crippen LogP contribution in [0.25, 0.3) is 10.9 Å². The van der Waals surface area contributed by atoms with Gasteiger partial charge < -0.3 is 14.4 Å². The first-order chi connectivity index (χ1) is 15.5. The zero-order chi connectivity index (χ0) is 22.1. The minimum atomic E-state index is -3.57. The minimum absolute atomic E-state index is 0.117.